The largest absolute Gasteiger partial charge is 0.573 e. The van der Waals surface area contributed by atoms with E-state index in [4.69, 9.17) is 0 Å². The second-order valence-electron chi connectivity index (χ2n) is 3.50. The van der Waals surface area contributed by atoms with Gasteiger partial charge >= 0.3 is 6.36 Å². The Morgan fingerprint density at radius 1 is 1.32 bits per heavy atom. The number of rotatable bonds is 3. The Hall–Kier alpha value is -1.12. The van der Waals surface area contributed by atoms with E-state index >= 15 is 0 Å². The molecule has 0 saturated heterocycles. The fraction of sp³-hybridized carbons (Fsp3) is 0.182. The van der Waals surface area contributed by atoms with Gasteiger partial charge in [0.05, 0.1) is 0 Å². The fourth-order valence-corrected chi connectivity index (χ4v) is 2.72. The Labute approximate surface area is 118 Å². The maximum Gasteiger partial charge on any atom is 0.573 e. The molecule has 0 aliphatic heterocycles. The van der Waals surface area contributed by atoms with Crippen LogP contribution in [0.3, 0.4) is 0 Å². The van der Waals surface area contributed by atoms with Gasteiger partial charge in [-0.2, -0.15) is 0 Å². The molecule has 1 atom stereocenters. The lowest BCUT2D eigenvalue weighted by Gasteiger charge is -2.15. The van der Waals surface area contributed by atoms with Crippen LogP contribution in [0.25, 0.3) is 0 Å². The molecule has 1 unspecified atom stereocenters. The van der Waals surface area contributed by atoms with Gasteiger partial charge in [-0.05, 0) is 22.0 Å². The molecule has 1 heterocycles. The molecule has 1 aromatic carbocycles. The van der Waals surface area contributed by atoms with Crippen LogP contribution < -0.4 is 4.74 Å². The van der Waals surface area contributed by atoms with Gasteiger partial charge in [0.15, 0.2) is 0 Å². The predicted molar refractivity (Wildman–Crippen MR) is 67.0 cm³/mol. The summed E-state index contributed by atoms with van der Waals surface area (Å²) in [6, 6.07) is 5.43. The number of alkyl halides is 3. The summed E-state index contributed by atoms with van der Waals surface area (Å²) in [7, 11) is 0. The number of thiazole rings is 1. The third kappa shape index (κ3) is 3.68. The molecule has 0 fully saturated rings. The molecule has 3 nitrogen and oxygen atoms in total. The highest BCUT2D eigenvalue weighted by atomic mass is 79.9. The SMILES string of the molecule is OC(c1nc(Br)cs1)c1ccccc1OC(F)(F)F. The van der Waals surface area contributed by atoms with Crippen LogP contribution in [-0.4, -0.2) is 16.5 Å². The van der Waals surface area contributed by atoms with Crippen LogP contribution in [0, 0.1) is 0 Å². The van der Waals surface area contributed by atoms with Gasteiger partial charge in [-0.1, -0.05) is 18.2 Å². The monoisotopic (exact) mass is 353 g/mol. The van der Waals surface area contributed by atoms with Crippen LogP contribution in [0.5, 0.6) is 5.75 Å². The molecule has 2 aromatic rings. The number of aliphatic hydroxyl groups is 1. The van der Waals surface area contributed by atoms with Crippen LogP contribution in [-0.2, 0) is 0 Å². The standard InChI is InChI=1S/C11H7BrF3NO2S/c12-8-5-19-10(16-8)9(17)6-3-1-2-4-7(6)18-11(13,14)15/h1-5,9,17H. The molecule has 0 saturated carbocycles. The minimum absolute atomic E-state index is 0.0154. The van der Waals surface area contributed by atoms with Crippen molar-refractivity contribution in [2.45, 2.75) is 12.5 Å². The first-order valence-corrected chi connectivity index (χ1v) is 6.68. The molecule has 19 heavy (non-hydrogen) atoms. The number of para-hydroxylation sites is 1. The first kappa shape index (κ1) is 14.3. The summed E-state index contributed by atoms with van der Waals surface area (Å²) in [6.45, 7) is 0. The Balaban J connectivity index is 2.34. The average Bonchev–Trinajstić information content (AvgIpc) is 2.74. The van der Waals surface area contributed by atoms with Crippen molar-refractivity contribution in [3.63, 3.8) is 0 Å². The molecule has 102 valence electrons. The molecular formula is C11H7BrF3NO2S. The molecular weight excluding hydrogens is 347 g/mol. The summed E-state index contributed by atoms with van der Waals surface area (Å²) < 4.78 is 41.2. The van der Waals surface area contributed by atoms with E-state index < -0.39 is 18.2 Å². The third-order valence-electron chi connectivity index (χ3n) is 2.17. The fourth-order valence-electron chi connectivity index (χ4n) is 1.45. The van der Waals surface area contributed by atoms with Crippen molar-refractivity contribution < 1.29 is 23.0 Å². The highest BCUT2D eigenvalue weighted by molar-refractivity contribution is 9.10. The van der Waals surface area contributed by atoms with E-state index in [0.29, 0.717) is 4.60 Å². The van der Waals surface area contributed by atoms with Gasteiger partial charge in [-0.3, -0.25) is 0 Å². The molecule has 8 heteroatoms. The minimum Gasteiger partial charge on any atom is -0.405 e. The van der Waals surface area contributed by atoms with Gasteiger partial charge in [0.2, 0.25) is 0 Å². The zero-order chi connectivity index (χ0) is 14.0. The van der Waals surface area contributed by atoms with E-state index in [1.54, 1.807) is 5.38 Å². The number of aliphatic hydroxyl groups excluding tert-OH is 1. The lowest BCUT2D eigenvalue weighted by atomic mass is 10.1. The highest BCUT2D eigenvalue weighted by Gasteiger charge is 2.33. The summed E-state index contributed by atoms with van der Waals surface area (Å²) in [5.74, 6) is -0.436. The van der Waals surface area contributed by atoms with Crippen molar-refractivity contribution in [3.8, 4) is 5.75 Å². The Morgan fingerprint density at radius 3 is 2.58 bits per heavy atom. The lowest BCUT2D eigenvalue weighted by molar-refractivity contribution is -0.275. The summed E-state index contributed by atoms with van der Waals surface area (Å²) in [5.41, 5.74) is 0.0154. The van der Waals surface area contributed by atoms with Crippen molar-refractivity contribution in [2.24, 2.45) is 0 Å². The topological polar surface area (TPSA) is 42.4 Å². The molecule has 0 spiro atoms. The summed E-state index contributed by atoms with van der Waals surface area (Å²) in [5, 5.41) is 12.0. The third-order valence-corrected chi connectivity index (χ3v) is 3.77. The predicted octanol–water partition coefficient (Wildman–Crippen LogP) is 3.89. The van der Waals surface area contributed by atoms with Crippen molar-refractivity contribution in [1.29, 1.82) is 0 Å². The molecule has 2 rings (SSSR count). The minimum atomic E-state index is -4.81. The zero-order valence-electron chi connectivity index (χ0n) is 9.19. The van der Waals surface area contributed by atoms with Gasteiger partial charge < -0.3 is 9.84 Å². The number of halogens is 4. The number of ether oxygens (including phenoxy) is 1. The number of hydrogen-bond acceptors (Lipinski definition) is 4. The van der Waals surface area contributed by atoms with Gasteiger partial charge in [0.1, 0.15) is 21.5 Å². The van der Waals surface area contributed by atoms with E-state index in [1.807, 2.05) is 0 Å². The second-order valence-corrected chi connectivity index (χ2v) is 5.20. The Bertz CT molecular complexity index is 573. The van der Waals surface area contributed by atoms with E-state index in [9.17, 15) is 18.3 Å². The van der Waals surface area contributed by atoms with Crippen LogP contribution in [0.4, 0.5) is 13.2 Å². The molecule has 0 amide bonds. The van der Waals surface area contributed by atoms with Gasteiger partial charge in [0, 0.05) is 10.9 Å². The van der Waals surface area contributed by atoms with Gasteiger partial charge in [-0.15, -0.1) is 24.5 Å². The van der Waals surface area contributed by atoms with Gasteiger partial charge in [-0.25, -0.2) is 4.98 Å². The van der Waals surface area contributed by atoms with E-state index in [1.165, 1.54) is 18.2 Å². The first-order valence-electron chi connectivity index (χ1n) is 5.00. The maximum atomic E-state index is 12.3. The molecule has 0 bridgehead atoms. The van der Waals surface area contributed by atoms with E-state index in [-0.39, 0.29) is 10.6 Å². The normalized spacial score (nSPS) is 13.3. The van der Waals surface area contributed by atoms with E-state index in [0.717, 1.165) is 17.4 Å². The maximum absolute atomic E-state index is 12.3. The Kier molecular flexibility index (Phi) is 4.12. The van der Waals surface area contributed by atoms with E-state index in [2.05, 4.69) is 25.7 Å². The van der Waals surface area contributed by atoms with Crippen molar-refractivity contribution >= 4 is 27.3 Å². The van der Waals surface area contributed by atoms with Crippen LogP contribution in [0.1, 0.15) is 16.7 Å². The number of benzene rings is 1. The molecule has 0 radical (unpaired) electrons. The average molecular weight is 354 g/mol. The smallest absolute Gasteiger partial charge is 0.405 e. The quantitative estimate of drug-likeness (QED) is 0.910. The molecule has 1 N–H and O–H groups in total. The van der Waals surface area contributed by atoms with Crippen LogP contribution in [0.15, 0.2) is 34.2 Å². The summed E-state index contributed by atoms with van der Waals surface area (Å²) in [4.78, 5) is 3.97. The molecule has 1 aromatic heterocycles. The van der Waals surface area contributed by atoms with Crippen molar-refractivity contribution in [1.82, 2.24) is 4.98 Å². The van der Waals surface area contributed by atoms with Crippen molar-refractivity contribution in [2.75, 3.05) is 0 Å². The van der Waals surface area contributed by atoms with Crippen molar-refractivity contribution in [3.05, 3.63) is 44.8 Å². The van der Waals surface area contributed by atoms with Crippen LogP contribution >= 0.6 is 27.3 Å². The molecule has 0 aliphatic carbocycles. The summed E-state index contributed by atoms with van der Waals surface area (Å²) in [6.07, 6.45) is -6.07. The first-order chi connectivity index (χ1) is 8.87. The highest BCUT2D eigenvalue weighted by Crippen LogP contribution is 2.34. The summed E-state index contributed by atoms with van der Waals surface area (Å²) >= 11 is 4.25. The number of aromatic nitrogens is 1. The van der Waals surface area contributed by atoms with Crippen LogP contribution in [0.2, 0.25) is 0 Å². The number of hydrogen-bond donors (Lipinski definition) is 1. The molecule has 0 aliphatic rings. The lowest BCUT2D eigenvalue weighted by Crippen LogP contribution is -2.18. The van der Waals surface area contributed by atoms with Gasteiger partial charge in [0.25, 0.3) is 0 Å². The Morgan fingerprint density at radius 2 is 2.00 bits per heavy atom. The second kappa shape index (κ2) is 5.48. The number of nitrogens with zero attached hydrogens (tertiary/aromatic N) is 1. The zero-order valence-corrected chi connectivity index (χ0v) is 11.6.